The number of benzene rings is 3. The first kappa shape index (κ1) is 27.5. The molecule has 1 saturated heterocycles. The van der Waals surface area contributed by atoms with Gasteiger partial charge in [0.15, 0.2) is 8.32 Å². The molecule has 4 rings (SSSR count). The molecule has 0 aliphatic carbocycles. The third-order valence-electron chi connectivity index (χ3n) is 7.60. The van der Waals surface area contributed by atoms with Crippen molar-refractivity contribution in [2.24, 2.45) is 0 Å². The van der Waals surface area contributed by atoms with Crippen LogP contribution < -0.4 is 10.2 Å². The largest absolute Gasteiger partial charge is 0.412 e. The Kier molecular flexibility index (Phi) is 8.34. The second-order valence-corrected chi connectivity index (χ2v) is 16.2. The molecule has 1 heterocycles. The fourth-order valence-electron chi connectivity index (χ4n) is 4.26. The molecule has 5 nitrogen and oxygen atoms in total. The van der Waals surface area contributed by atoms with Crippen LogP contribution in [0.2, 0.25) is 18.1 Å². The van der Waals surface area contributed by atoms with Gasteiger partial charge in [0, 0.05) is 11.3 Å². The zero-order valence-electron chi connectivity index (χ0n) is 23.0. The summed E-state index contributed by atoms with van der Waals surface area (Å²) in [5, 5.41) is 3.08. The van der Waals surface area contributed by atoms with Crippen LogP contribution in [-0.2, 0) is 27.0 Å². The minimum atomic E-state index is -1.98. The second-order valence-electron chi connectivity index (χ2n) is 11.4. The number of rotatable bonds is 9. The van der Waals surface area contributed by atoms with Gasteiger partial charge in [-0.25, -0.2) is 0 Å². The van der Waals surface area contributed by atoms with Gasteiger partial charge in [-0.15, -0.1) is 0 Å². The summed E-state index contributed by atoms with van der Waals surface area (Å²) in [5.74, 6) is -0.282. The summed E-state index contributed by atoms with van der Waals surface area (Å²) < 4.78 is 6.51. The number of carbonyl (C=O) groups is 2. The number of amides is 2. The van der Waals surface area contributed by atoms with Crippen LogP contribution in [0.3, 0.4) is 0 Å². The van der Waals surface area contributed by atoms with Crippen molar-refractivity contribution >= 4 is 31.9 Å². The van der Waals surface area contributed by atoms with E-state index in [-0.39, 0.29) is 29.3 Å². The molecular formula is C32H38N2O3Si. The van der Waals surface area contributed by atoms with E-state index in [1.807, 2.05) is 97.1 Å². The molecule has 0 spiro atoms. The van der Waals surface area contributed by atoms with Gasteiger partial charge in [0.05, 0.1) is 19.1 Å². The van der Waals surface area contributed by atoms with Crippen LogP contribution in [0.15, 0.2) is 91.0 Å². The minimum absolute atomic E-state index is 0.0869. The average molecular weight is 527 g/mol. The molecule has 2 unspecified atom stereocenters. The number of hydrogen-bond donors (Lipinski definition) is 1. The normalized spacial score (nSPS) is 17.9. The van der Waals surface area contributed by atoms with Crippen molar-refractivity contribution in [3.8, 4) is 0 Å². The fourth-order valence-corrected chi connectivity index (χ4v) is 5.20. The number of para-hydroxylation sites is 1. The van der Waals surface area contributed by atoms with E-state index in [0.29, 0.717) is 6.61 Å². The molecule has 3 aromatic carbocycles. The molecule has 3 aromatic rings. The van der Waals surface area contributed by atoms with Crippen molar-refractivity contribution in [1.29, 1.82) is 0 Å². The molecule has 1 fully saturated rings. The SMILES string of the molecule is CC(C)(C)[Si](C)(C)OCc1ccccc1N1C(=O)C(NC(=O)Cc2ccccc2)C1/C=C/c1ccccc1. The van der Waals surface area contributed by atoms with Crippen molar-refractivity contribution in [3.05, 3.63) is 108 Å². The van der Waals surface area contributed by atoms with Crippen molar-refractivity contribution in [3.63, 3.8) is 0 Å². The number of nitrogens with zero attached hydrogens (tertiary/aromatic N) is 1. The van der Waals surface area contributed by atoms with Gasteiger partial charge in [0.2, 0.25) is 5.91 Å². The van der Waals surface area contributed by atoms with Crippen molar-refractivity contribution in [1.82, 2.24) is 5.32 Å². The minimum Gasteiger partial charge on any atom is -0.412 e. The monoisotopic (exact) mass is 526 g/mol. The van der Waals surface area contributed by atoms with Crippen LogP contribution in [0.5, 0.6) is 0 Å². The van der Waals surface area contributed by atoms with Gasteiger partial charge in [-0.3, -0.25) is 9.59 Å². The first-order valence-electron chi connectivity index (χ1n) is 13.2. The Labute approximate surface area is 227 Å². The Hall–Kier alpha value is -3.48. The summed E-state index contributed by atoms with van der Waals surface area (Å²) in [5.41, 5.74) is 3.75. The standard InChI is InChI=1S/C32H38N2O3Si/c1-32(2,3)38(4,5)37-23-26-18-12-13-19-27(26)34-28(21-20-24-14-8-6-9-15-24)30(31(34)36)33-29(35)22-25-16-10-7-11-17-25/h6-21,28,30H,22-23H2,1-5H3,(H,33,35)/b21-20+. The molecule has 0 radical (unpaired) electrons. The van der Waals surface area contributed by atoms with E-state index in [1.54, 1.807) is 4.90 Å². The van der Waals surface area contributed by atoms with Gasteiger partial charge in [0.1, 0.15) is 6.04 Å². The molecule has 38 heavy (non-hydrogen) atoms. The quantitative estimate of drug-likeness (QED) is 0.261. The van der Waals surface area contributed by atoms with Gasteiger partial charge in [-0.1, -0.05) is 112 Å². The highest BCUT2D eigenvalue weighted by Crippen LogP contribution is 2.38. The predicted molar refractivity (Wildman–Crippen MR) is 157 cm³/mol. The van der Waals surface area contributed by atoms with Crippen molar-refractivity contribution < 1.29 is 14.0 Å². The van der Waals surface area contributed by atoms with E-state index in [9.17, 15) is 9.59 Å². The van der Waals surface area contributed by atoms with Gasteiger partial charge in [-0.2, -0.15) is 0 Å². The first-order valence-corrected chi connectivity index (χ1v) is 16.1. The summed E-state index contributed by atoms with van der Waals surface area (Å²) in [4.78, 5) is 28.2. The molecule has 198 valence electrons. The first-order chi connectivity index (χ1) is 18.1. The summed E-state index contributed by atoms with van der Waals surface area (Å²) in [7, 11) is -1.98. The van der Waals surface area contributed by atoms with Gasteiger partial charge >= 0.3 is 0 Å². The summed E-state index contributed by atoms with van der Waals surface area (Å²) in [6.07, 6.45) is 4.25. The number of anilines is 1. The zero-order chi connectivity index (χ0) is 27.3. The van der Waals surface area contributed by atoms with Gasteiger partial charge in [-0.05, 0) is 35.3 Å². The van der Waals surface area contributed by atoms with E-state index in [1.165, 1.54) is 0 Å². The number of β-lactam (4-membered cyclic amide) rings is 1. The second kappa shape index (κ2) is 11.5. The fraction of sp³-hybridized carbons (Fsp3) is 0.312. The lowest BCUT2D eigenvalue weighted by atomic mass is 9.91. The predicted octanol–water partition coefficient (Wildman–Crippen LogP) is 6.36. The van der Waals surface area contributed by atoms with Crippen LogP contribution >= 0.6 is 0 Å². The highest BCUT2D eigenvalue weighted by Gasteiger charge is 2.48. The van der Waals surface area contributed by atoms with Crippen molar-refractivity contribution in [2.45, 2.75) is 64.0 Å². The number of carbonyl (C=O) groups excluding carboxylic acids is 2. The van der Waals surface area contributed by atoms with Gasteiger partial charge < -0.3 is 14.6 Å². The Morgan fingerprint density at radius 3 is 2.21 bits per heavy atom. The van der Waals surface area contributed by atoms with E-state index in [0.717, 1.165) is 22.4 Å². The number of nitrogens with one attached hydrogen (secondary N) is 1. The third-order valence-corrected chi connectivity index (χ3v) is 12.1. The Balaban J connectivity index is 1.58. The smallest absolute Gasteiger partial charge is 0.252 e. The van der Waals surface area contributed by atoms with Crippen molar-refractivity contribution in [2.75, 3.05) is 4.90 Å². The molecule has 6 heteroatoms. The van der Waals surface area contributed by atoms with E-state index in [2.05, 4.69) is 39.2 Å². The van der Waals surface area contributed by atoms with Crippen LogP contribution in [-0.4, -0.2) is 32.2 Å². The lowest BCUT2D eigenvalue weighted by Gasteiger charge is -2.46. The molecule has 1 aliphatic rings. The molecule has 2 atom stereocenters. The molecule has 0 saturated carbocycles. The summed E-state index contributed by atoms with van der Waals surface area (Å²) in [6, 6.07) is 26.5. The van der Waals surface area contributed by atoms with Gasteiger partial charge in [0.25, 0.3) is 5.91 Å². The maximum atomic E-state index is 13.5. The Morgan fingerprint density at radius 1 is 0.947 bits per heavy atom. The Bertz CT molecular complexity index is 1280. The molecule has 2 amide bonds. The molecular weight excluding hydrogens is 488 g/mol. The van der Waals surface area contributed by atoms with Crippen LogP contribution in [0.1, 0.15) is 37.5 Å². The average Bonchev–Trinajstić information content (AvgIpc) is 2.89. The highest BCUT2D eigenvalue weighted by atomic mass is 28.4. The van der Waals surface area contributed by atoms with Crippen LogP contribution in [0.4, 0.5) is 5.69 Å². The van der Waals surface area contributed by atoms with E-state index < -0.39 is 14.4 Å². The number of hydrogen-bond acceptors (Lipinski definition) is 3. The topological polar surface area (TPSA) is 58.6 Å². The molecule has 1 aliphatic heterocycles. The maximum Gasteiger partial charge on any atom is 0.252 e. The van der Waals surface area contributed by atoms with E-state index in [4.69, 9.17) is 4.43 Å². The van der Waals surface area contributed by atoms with Crippen LogP contribution in [0, 0.1) is 0 Å². The van der Waals surface area contributed by atoms with Crippen LogP contribution in [0.25, 0.3) is 6.08 Å². The Morgan fingerprint density at radius 2 is 1.55 bits per heavy atom. The maximum absolute atomic E-state index is 13.5. The molecule has 0 aromatic heterocycles. The lowest BCUT2D eigenvalue weighted by Crippen LogP contribution is -2.70. The van der Waals surface area contributed by atoms with E-state index >= 15 is 0 Å². The third kappa shape index (κ3) is 6.32. The zero-order valence-corrected chi connectivity index (χ0v) is 24.0. The summed E-state index contributed by atoms with van der Waals surface area (Å²) in [6.45, 7) is 11.6. The lowest BCUT2D eigenvalue weighted by molar-refractivity contribution is -0.131. The molecule has 1 N–H and O–H groups in total. The highest BCUT2D eigenvalue weighted by molar-refractivity contribution is 6.74. The summed E-state index contributed by atoms with van der Waals surface area (Å²) >= 11 is 0. The molecule has 0 bridgehead atoms.